The average Bonchev–Trinajstić information content (AvgIpc) is 3.21. The van der Waals surface area contributed by atoms with Gasteiger partial charge in [0, 0.05) is 40.1 Å². The van der Waals surface area contributed by atoms with Gasteiger partial charge in [0.25, 0.3) is 11.5 Å². The van der Waals surface area contributed by atoms with Crippen molar-refractivity contribution >= 4 is 34.5 Å². The van der Waals surface area contributed by atoms with Gasteiger partial charge in [-0.25, -0.2) is 4.98 Å². The van der Waals surface area contributed by atoms with Crippen molar-refractivity contribution < 1.29 is 4.79 Å². The van der Waals surface area contributed by atoms with E-state index < -0.39 is 5.91 Å². The number of thiazole rings is 1. The summed E-state index contributed by atoms with van der Waals surface area (Å²) in [4.78, 5) is 35.7. The van der Waals surface area contributed by atoms with Crippen LogP contribution in [0.3, 0.4) is 0 Å². The molecule has 0 aliphatic heterocycles. The third-order valence-electron chi connectivity index (χ3n) is 3.99. The van der Waals surface area contributed by atoms with Gasteiger partial charge in [0.1, 0.15) is 16.4 Å². The van der Waals surface area contributed by atoms with E-state index in [0.717, 1.165) is 16.7 Å². The molecule has 3 aromatic heterocycles. The molecule has 1 aromatic carbocycles. The quantitative estimate of drug-likeness (QED) is 0.521. The molecule has 4 rings (SSSR count). The minimum absolute atomic E-state index is 0.153. The molecule has 0 fully saturated rings. The second-order valence-electron chi connectivity index (χ2n) is 5.87. The zero-order valence-electron chi connectivity index (χ0n) is 14.3. The average molecular weight is 409 g/mol. The topological polar surface area (TPSA) is 87.7 Å². The summed E-state index contributed by atoms with van der Waals surface area (Å²) in [6.07, 6.45) is 4.91. The van der Waals surface area contributed by atoms with Crippen LogP contribution in [0.2, 0.25) is 5.02 Å². The Hall–Kier alpha value is -3.29. The molecular formula is C20H13ClN4O2S. The Kier molecular flexibility index (Phi) is 5.01. The van der Waals surface area contributed by atoms with Crippen molar-refractivity contribution in [2.75, 3.05) is 5.32 Å². The van der Waals surface area contributed by atoms with Gasteiger partial charge in [0.05, 0.1) is 0 Å². The molecule has 0 radical (unpaired) electrons. The number of anilines is 1. The van der Waals surface area contributed by atoms with Gasteiger partial charge in [-0.05, 0) is 35.9 Å². The van der Waals surface area contributed by atoms with Crippen molar-refractivity contribution in [3.8, 4) is 21.7 Å². The molecule has 0 aliphatic rings. The number of nitrogens with zero attached hydrogens (tertiary/aromatic N) is 2. The second-order valence-corrected chi connectivity index (χ2v) is 7.16. The molecule has 0 unspecified atom stereocenters. The van der Waals surface area contributed by atoms with Gasteiger partial charge in [0.2, 0.25) is 0 Å². The molecule has 8 heteroatoms. The smallest absolute Gasteiger partial charge is 0.275 e. The molecule has 2 N–H and O–H groups in total. The Balaban J connectivity index is 1.57. The van der Waals surface area contributed by atoms with Crippen molar-refractivity contribution in [3.63, 3.8) is 0 Å². The number of hydrogen-bond acceptors (Lipinski definition) is 5. The van der Waals surface area contributed by atoms with Crippen LogP contribution in [0, 0.1) is 0 Å². The van der Waals surface area contributed by atoms with E-state index in [4.69, 9.17) is 11.6 Å². The summed E-state index contributed by atoms with van der Waals surface area (Å²) in [5, 5.41) is 5.61. The number of benzene rings is 1. The number of H-pyrrole nitrogens is 1. The molecule has 6 nitrogen and oxygen atoms in total. The lowest BCUT2D eigenvalue weighted by atomic mass is 10.1. The van der Waals surface area contributed by atoms with Crippen LogP contribution >= 0.6 is 22.9 Å². The Bertz CT molecular complexity index is 1190. The van der Waals surface area contributed by atoms with E-state index in [0.29, 0.717) is 10.0 Å². The zero-order valence-corrected chi connectivity index (χ0v) is 15.9. The van der Waals surface area contributed by atoms with Gasteiger partial charge in [-0.3, -0.25) is 14.6 Å². The van der Waals surface area contributed by atoms with Crippen LogP contribution in [0.5, 0.6) is 0 Å². The predicted octanol–water partition coefficient (Wildman–Crippen LogP) is 4.47. The summed E-state index contributed by atoms with van der Waals surface area (Å²) in [5.41, 5.74) is 2.51. The fourth-order valence-corrected chi connectivity index (χ4v) is 3.51. The molecule has 3 heterocycles. The lowest BCUT2D eigenvalue weighted by molar-refractivity contribution is 0.102. The van der Waals surface area contributed by atoms with Gasteiger partial charge in [-0.2, -0.15) is 0 Å². The molecule has 0 saturated carbocycles. The number of halogens is 1. The minimum Gasteiger partial charge on any atom is -0.327 e. The molecule has 0 atom stereocenters. The van der Waals surface area contributed by atoms with Crippen molar-refractivity contribution in [1.82, 2.24) is 15.0 Å². The summed E-state index contributed by atoms with van der Waals surface area (Å²) in [6, 6.07) is 12.5. The highest BCUT2D eigenvalue weighted by Gasteiger charge is 2.14. The van der Waals surface area contributed by atoms with E-state index in [1.165, 1.54) is 11.3 Å². The van der Waals surface area contributed by atoms with Crippen molar-refractivity contribution in [3.05, 3.63) is 87.5 Å². The van der Waals surface area contributed by atoms with Crippen LogP contribution < -0.4 is 10.9 Å². The molecule has 1 amide bonds. The van der Waals surface area contributed by atoms with Gasteiger partial charge < -0.3 is 10.3 Å². The number of aromatic nitrogens is 3. The van der Waals surface area contributed by atoms with Gasteiger partial charge >= 0.3 is 0 Å². The van der Waals surface area contributed by atoms with Crippen LogP contribution in [-0.2, 0) is 0 Å². The lowest BCUT2D eigenvalue weighted by Gasteiger charge is -2.06. The van der Waals surface area contributed by atoms with Crippen LogP contribution in [0.25, 0.3) is 21.7 Å². The van der Waals surface area contributed by atoms with E-state index in [-0.39, 0.29) is 16.9 Å². The van der Waals surface area contributed by atoms with Crippen LogP contribution in [-0.4, -0.2) is 20.9 Å². The Morgan fingerprint density at radius 2 is 1.79 bits per heavy atom. The highest BCUT2D eigenvalue weighted by atomic mass is 35.5. The van der Waals surface area contributed by atoms with Crippen molar-refractivity contribution in [1.29, 1.82) is 0 Å². The molecule has 0 spiro atoms. The number of nitrogens with one attached hydrogen (secondary N) is 2. The zero-order chi connectivity index (χ0) is 19.5. The molecule has 28 heavy (non-hydrogen) atoms. The second kappa shape index (κ2) is 7.75. The summed E-state index contributed by atoms with van der Waals surface area (Å²) in [6.45, 7) is 0. The van der Waals surface area contributed by atoms with Gasteiger partial charge in [0.15, 0.2) is 0 Å². The van der Waals surface area contributed by atoms with Gasteiger partial charge in [-0.1, -0.05) is 23.7 Å². The SMILES string of the molecule is O=C(Nc1cc(-c2ccncc2)c[nH]c1=O)c1csc(-c2ccc(Cl)cc2)n1. The molecule has 4 aromatic rings. The van der Waals surface area contributed by atoms with Crippen LogP contribution in [0.1, 0.15) is 10.5 Å². The monoisotopic (exact) mass is 408 g/mol. The lowest BCUT2D eigenvalue weighted by Crippen LogP contribution is -2.20. The summed E-state index contributed by atoms with van der Waals surface area (Å²) >= 11 is 7.24. The highest BCUT2D eigenvalue weighted by molar-refractivity contribution is 7.13. The first-order valence-corrected chi connectivity index (χ1v) is 9.52. The third-order valence-corrected chi connectivity index (χ3v) is 5.14. The molecule has 0 aliphatic carbocycles. The molecule has 0 bridgehead atoms. The van der Waals surface area contributed by atoms with Crippen molar-refractivity contribution in [2.45, 2.75) is 0 Å². The fraction of sp³-hybridized carbons (Fsp3) is 0. The predicted molar refractivity (Wildman–Crippen MR) is 111 cm³/mol. The highest BCUT2D eigenvalue weighted by Crippen LogP contribution is 2.25. The van der Waals surface area contributed by atoms with Crippen molar-refractivity contribution in [2.24, 2.45) is 0 Å². The standard InChI is InChI=1S/C20H13ClN4O2S/c21-15-3-1-13(2-4-15)20-25-17(11-28-20)19(27)24-16-9-14(10-23-18(16)26)12-5-7-22-8-6-12/h1-11H,(H,23,26)(H,24,27). The van der Waals surface area contributed by atoms with E-state index in [1.807, 2.05) is 24.3 Å². The number of hydrogen-bond donors (Lipinski definition) is 2. The van der Waals surface area contributed by atoms with E-state index in [1.54, 1.807) is 42.2 Å². The molecular weight excluding hydrogens is 396 g/mol. The number of amides is 1. The largest absolute Gasteiger partial charge is 0.327 e. The van der Waals surface area contributed by atoms with Gasteiger partial charge in [-0.15, -0.1) is 11.3 Å². The Morgan fingerprint density at radius 1 is 1.04 bits per heavy atom. The minimum atomic E-state index is -0.450. The Labute approximate surface area is 168 Å². The Morgan fingerprint density at radius 3 is 2.54 bits per heavy atom. The maximum atomic E-state index is 12.6. The fourth-order valence-electron chi connectivity index (χ4n) is 2.58. The first kappa shape index (κ1) is 18.1. The first-order chi connectivity index (χ1) is 13.6. The summed E-state index contributed by atoms with van der Waals surface area (Å²) in [7, 11) is 0. The molecule has 0 saturated heterocycles. The van der Waals surface area contributed by atoms with E-state index in [2.05, 4.69) is 20.3 Å². The van der Waals surface area contributed by atoms with E-state index >= 15 is 0 Å². The van der Waals surface area contributed by atoms with E-state index in [9.17, 15) is 9.59 Å². The normalized spacial score (nSPS) is 10.6. The maximum absolute atomic E-state index is 12.6. The number of rotatable bonds is 4. The number of aromatic amines is 1. The number of carbonyl (C=O) groups is 1. The summed E-state index contributed by atoms with van der Waals surface area (Å²) in [5.74, 6) is -0.450. The third kappa shape index (κ3) is 3.85. The maximum Gasteiger partial charge on any atom is 0.275 e. The summed E-state index contributed by atoms with van der Waals surface area (Å²) < 4.78 is 0. The molecule has 138 valence electrons. The first-order valence-electron chi connectivity index (χ1n) is 8.26. The van der Waals surface area contributed by atoms with Crippen LogP contribution in [0.4, 0.5) is 5.69 Å². The van der Waals surface area contributed by atoms with Crippen LogP contribution in [0.15, 0.2) is 71.2 Å². The number of pyridine rings is 2. The number of carbonyl (C=O) groups excluding carboxylic acids is 1.